The SMILES string of the molecule is Nc1cc([N+](=O)[O-])ccc1S(=O)(=O)NCC1CCOC1. The van der Waals surface area contributed by atoms with Crippen LogP contribution >= 0.6 is 0 Å². The summed E-state index contributed by atoms with van der Waals surface area (Å²) >= 11 is 0. The van der Waals surface area contributed by atoms with Crippen LogP contribution < -0.4 is 10.5 Å². The van der Waals surface area contributed by atoms with Gasteiger partial charge in [0, 0.05) is 25.3 Å². The van der Waals surface area contributed by atoms with Gasteiger partial charge >= 0.3 is 0 Å². The first-order valence-electron chi connectivity index (χ1n) is 6.01. The largest absolute Gasteiger partial charge is 0.397 e. The molecule has 1 aliphatic heterocycles. The van der Waals surface area contributed by atoms with E-state index in [1.165, 1.54) is 0 Å². The highest BCUT2D eigenvalue weighted by Gasteiger charge is 2.23. The van der Waals surface area contributed by atoms with E-state index < -0.39 is 14.9 Å². The maximum Gasteiger partial charge on any atom is 0.271 e. The Balaban J connectivity index is 2.14. The molecule has 0 bridgehead atoms. The van der Waals surface area contributed by atoms with Crippen LogP contribution in [0.4, 0.5) is 11.4 Å². The minimum absolute atomic E-state index is 0.143. The normalized spacial score (nSPS) is 19.1. The fraction of sp³-hybridized carbons (Fsp3) is 0.455. The van der Waals surface area contributed by atoms with Crippen molar-refractivity contribution in [1.82, 2.24) is 4.72 Å². The van der Waals surface area contributed by atoms with Crippen molar-refractivity contribution in [3.8, 4) is 0 Å². The molecular weight excluding hydrogens is 286 g/mol. The molecule has 0 saturated carbocycles. The van der Waals surface area contributed by atoms with Gasteiger partial charge in [-0.25, -0.2) is 13.1 Å². The number of rotatable bonds is 5. The smallest absolute Gasteiger partial charge is 0.271 e. The minimum atomic E-state index is -3.77. The number of non-ortho nitro benzene ring substituents is 1. The van der Waals surface area contributed by atoms with Crippen molar-refractivity contribution >= 4 is 21.4 Å². The number of benzene rings is 1. The molecule has 1 heterocycles. The van der Waals surface area contributed by atoms with Gasteiger partial charge in [0.25, 0.3) is 5.69 Å². The van der Waals surface area contributed by atoms with Gasteiger partial charge in [-0.2, -0.15) is 0 Å². The lowest BCUT2D eigenvalue weighted by molar-refractivity contribution is -0.384. The highest BCUT2D eigenvalue weighted by molar-refractivity contribution is 7.89. The highest BCUT2D eigenvalue weighted by atomic mass is 32.2. The predicted molar refractivity (Wildman–Crippen MR) is 71.6 cm³/mol. The van der Waals surface area contributed by atoms with E-state index in [0.717, 1.165) is 24.6 Å². The fourth-order valence-electron chi connectivity index (χ4n) is 1.94. The van der Waals surface area contributed by atoms with Gasteiger partial charge in [-0.05, 0) is 18.4 Å². The second-order valence-corrected chi connectivity index (χ2v) is 6.30. The van der Waals surface area contributed by atoms with E-state index in [1.54, 1.807) is 0 Å². The molecule has 1 aromatic rings. The molecular formula is C11H15N3O5S. The average Bonchev–Trinajstić information content (AvgIpc) is 2.89. The number of sulfonamides is 1. The molecule has 1 saturated heterocycles. The van der Waals surface area contributed by atoms with Gasteiger partial charge in [0.15, 0.2) is 0 Å². The number of nitrogen functional groups attached to an aromatic ring is 1. The van der Waals surface area contributed by atoms with E-state index in [4.69, 9.17) is 10.5 Å². The Kier molecular flexibility index (Phi) is 4.21. The monoisotopic (exact) mass is 301 g/mol. The molecule has 8 nitrogen and oxygen atoms in total. The topological polar surface area (TPSA) is 125 Å². The molecule has 3 N–H and O–H groups in total. The first-order valence-corrected chi connectivity index (χ1v) is 7.50. The Morgan fingerprint density at radius 1 is 1.50 bits per heavy atom. The van der Waals surface area contributed by atoms with Crippen molar-refractivity contribution in [2.45, 2.75) is 11.3 Å². The van der Waals surface area contributed by atoms with Gasteiger partial charge < -0.3 is 10.5 Å². The average molecular weight is 301 g/mol. The Morgan fingerprint density at radius 3 is 2.80 bits per heavy atom. The van der Waals surface area contributed by atoms with Gasteiger partial charge in [-0.3, -0.25) is 10.1 Å². The molecule has 9 heteroatoms. The molecule has 1 unspecified atom stereocenters. The van der Waals surface area contributed by atoms with Crippen LogP contribution in [0, 0.1) is 16.0 Å². The second kappa shape index (κ2) is 5.73. The molecule has 0 radical (unpaired) electrons. The lowest BCUT2D eigenvalue weighted by atomic mass is 10.1. The van der Waals surface area contributed by atoms with Crippen LogP contribution in [-0.4, -0.2) is 33.1 Å². The maximum absolute atomic E-state index is 12.1. The van der Waals surface area contributed by atoms with Gasteiger partial charge in [0.1, 0.15) is 4.90 Å². The number of nitrogens with two attached hydrogens (primary N) is 1. The molecule has 1 aliphatic rings. The summed E-state index contributed by atoms with van der Waals surface area (Å²) in [7, 11) is -3.77. The summed E-state index contributed by atoms with van der Waals surface area (Å²) in [5.41, 5.74) is 5.19. The van der Waals surface area contributed by atoms with Gasteiger partial charge in [0.05, 0.1) is 17.2 Å². The van der Waals surface area contributed by atoms with Gasteiger partial charge in [-0.1, -0.05) is 0 Å². The standard InChI is InChI=1S/C11H15N3O5S/c12-10-5-9(14(15)16)1-2-11(10)20(17,18)13-6-8-3-4-19-7-8/h1-2,5,8,13H,3-4,6-7,12H2. The number of hydrogen-bond donors (Lipinski definition) is 2. The van der Waals surface area contributed by atoms with Gasteiger partial charge in [0.2, 0.25) is 10.0 Å². The van der Waals surface area contributed by atoms with Crippen molar-refractivity contribution in [2.24, 2.45) is 5.92 Å². The van der Waals surface area contributed by atoms with Crippen molar-refractivity contribution in [2.75, 3.05) is 25.5 Å². The van der Waals surface area contributed by atoms with E-state index in [9.17, 15) is 18.5 Å². The summed E-state index contributed by atoms with van der Waals surface area (Å²) in [4.78, 5) is 9.81. The maximum atomic E-state index is 12.1. The zero-order valence-corrected chi connectivity index (χ0v) is 11.4. The molecule has 0 aromatic heterocycles. The van der Waals surface area contributed by atoms with Crippen molar-refractivity contribution < 1.29 is 18.1 Å². The number of hydrogen-bond acceptors (Lipinski definition) is 6. The zero-order valence-electron chi connectivity index (χ0n) is 10.6. The number of nitrogens with one attached hydrogen (secondary N) is 1. The molecule has 110 valence electrons. The van der Waals surface area contributed by atoms with Crippen molar-refractivity contribution in [3.63, 3.8) is 0 Å². The fourth-order valence-corrected chi connectivity index (χ4v) is 3.17. The summed E-state index contributed by atoms with van der Waals surface area (Å²) in [6.45, 7) is 1.42. The predicted octanol–water partition coefficient (Wildman–Crippen LogP) is 0.492. The van der Waals surface area contributed by atoms with Crippen molar-refractivity contribution in [1.29, 1.82) is 0 Å². The third kappa shape index (κ3) is 3.24. The van der Waals surface area contributed by atoms with E-state index in [1.807, 2.05) is 0 Å². The number of nitro benzene ring substituents is 1. The number of anilines is 1. The zero-order chi connectivity index (χ0) is 14.8. The van der Waals surface area contributed by atoms with Crippen LogP contribution in [0.5, 0.6) is 0 Å². The number of nitrogens with zero attached hydrogens (tertiary/aromatic N) is 1. The van der Waals surface area contributed by atoms with E-state index >= 15 is 0 Å². The first kappa shape index (κ1) is 14.7. The molecule has 0 aliphatic carbocycles. The van der Waals surface area contributed by atoms with Crippen molar-refractivity contribution in [3.05, 3.63) is 28.3 Å². The number of ether oxygens (including phenoxy) is 1. The first-order chi connectivity index (χ1) is 9.40. The van der Waals surface area contributed by atoms with E-state index in [2.05, 4.69) is 4.72 Å². The Bertz CT molecular complexity index is 610. The molecule has 1 fully saturated rings. The Labute approximate surface area is 116 Å². The lowest BCUT2D eigenvalue weighted by Crippen LogP contribution is -2.30. The molecule has 20 heavy (non-hydrogen) atoms. The molecule has 1 atom stereocenters. The lowest BCUT2D eigenvalue weighted by Gasteiger charge is -2.11. The molecule has 1 aromatic carbocycles. The second-order valence-electron chi connectivity index (χ2n) is 4.56. The summed E-state index contributed by atoms with van der Waals surface area (Å²) in [5.74, 6) is 0.143. The summed E-state index contributed by atoms with van der Waals surface area (Å²) in [6.07, 6.45) is 0.804. The van der Waals surface area contributed by atoms with E-state index in [0.29, 0.717) is 13.2 Å². The van der Waals surface area contributed by atoms with Gasteiger partial charge in [-0.15, -0.1) is 0 Å². The quantitative estimate of drug-likeness (QED) is 0.463. The summed E-state index contributed by atoms with van der Waals surface area (Å²) < 4.78 is 31.8. The van der Waals surface area contributed by atoms with Crippen LogP contribution in [0.2, 0.25) is 0 Å². The third-order valence-electron chi connectivity index (χ3n) is 3.08. The minimum Gasteiger partial charge on any atom is -0.397 e. The molecule has 0 spiro atoms. The van der Waals surface area contributed by atoms with Crippen LogP contribution in [-0.2, 0) is 14.8 Å². The van der Waals surface area contributed by atoms with Crippen LogP contribution in [0.15, 0.2) is 23.1 Å². The summed E-state index contributed by atoms with van der Waals surface area (Å²) in [6, 6.07) is 3.29. The van der Waals surface area contributed by atoms with Crippen LogP contribution in [0.25, 0.3) is 0 Å². The Morgan fingerprint density at radius 2 is 2.25 bits per heavy atom. The number of nitro groups is 1. The summed E-state index contributed by atoms with van der Waals surface area (Å²) in [5, 5.41) is 10.6. The van der Waals surface area contributed by atoms with Crippen LogP contribution in [0.3, 0.4) is 0 Å². The highest BCUT2D eigenvalue weighted by Crippen LogP contribution is 2.24. The van der Waals surface area contributed by atoms with E-state index in [-0.39, 0.29) is 28.7 Å². The van der Waals surface area contributed by atoms with Crippen LogP contribution in [0.1, 0.15) is 6.42 Å². The molecule has 0 amide bonds. The third-order valence-corrected chi connectivity index (χ3v) is 4.58. The molecule has 2 rings (SSSR count). The Hall–Kier alpha value is -1.71.